The quantitative estimate of drug-likeness (QED) is 0.840. The number of nitrogens with zero attached hydrogens (tertiary/aromatic N) is 1. The lowest BCUT2D eigenvalue weighted by Gasteiger charge is -2.18. The van der Waals surface area contributed by atoms with Crippen LogP contribution in [0.2, 0.25) is 0 Å². The number of rotatable bonds is 7. The number of hydrogen-bond donors (Lipinski definition) is 1. The fourth-order valence-corrected chi connectivity index (χ4v) is 3.73. The summed E-state index contributed by atoms with van der Waals surface area (Å²) in [5, 5.41) is 0. The average molecular weight is 312 g/mol. The molecule has 1 heterocycles. The molecule has 1 aromatic carbocycles. The molecule has 0 aliphatic carbocycles. The first-order valence-corrected chi connectivity index (χ1v) is 9.07. The number of ether oxygens (including phenoxy) is 1. The fraction of sp³-hybridized carbons (Fsp3) is 0.600. The van der Waals surface area contributed by atoms with Crippen molar-refractivity contribution in [3.05, 3.63) is 24.3 Å². The third kappa shape index (κ3) is 4.61. The van der Waals surface area contributed by atoms with Gasteiger partial charge in [0.05, 0.1) is 11.9 Å². The molecule has 1 fully saturated rings. The van der Waals surface area contributed by atoms with Crippen molar-refractivity contribution in [2.75, 3.05) is 35.6 Å². The van der Waals surface area contributed by atoms with E-state index in [-0.39, 0.29) is 11.9 Å². The summed E-state index contributed by atoms with van der Waals surface area (Å²) in [5.74, 6) is 0.174. The van der Waals surface area contributed by atoms with Gasteiger partial charge in [-0.05, 0) is 37.1 Å². The molecule has 6 heteroatoms. The molecule has 0 spiro atoms. The van der Waals surface area contributed by atoms with Gasteiger partial charge in [0, 0.05) is 31.6 Å². The zero-order valence-corrected chi connectivity index (χ0v) is 13.5. The number of methoxy groups -OCH3 is 1. The van der Waals surface area contributed by atoms with Crippen molar-refractivity contribution < 1.29 is 13.2 Å². The second kappa shape index (κ2) is 7.13. The van der Waals surface area contributed by atoms with E-state index in [1.54, 1.807) is 7.11 Å². The topological polar surface area (TPSA) is 58.6 Å². The zero-order valence-electron chi connectivity index (χ0n) is 12.7. The Morgan fingerprint density at radius 2 is 2.05 bits per heavy atom. The van der Waals surface area contributed by atoms with Gasteiger partial charge in [-0.15, -0.1) is 0 Å². The van der Waals surface area contributed by atoms with Gasteiger partial charge < -0.3 is 9.64 Å². The Morgan fingerprint density at radius 1 is 1.33 bits per heavy atom. The van der Waals surface area contributed by atoms with Gasteiger partial charge in [0.2, 0.25) is 10.0 Å². The van der Waals surface area contributed by atoms with Gasteiger partial charge in [-0.2, -0.15) is 0 Å². The molecule has 0 bridgehead atoms. The molecular formula is C15H24N2O3S. The lowest BCUT2D eigenvalue weighted by Crippen LogP contribution is -2.22. The summed E-state index contributed by atoms with van der Waals surface area (Å²) in [5.41, 5.74) is 1.73. The number of unbranched alkanes of at least 4 members (excludes halogenated alkanes) is 1. The molecule has 1 aromatic rings. The summed E-state index contributed by atoms with van der Waals surface area (Å²) < 4.78 is 31.7. The summed E-state index contributed by atoms with van der Waals surface area (Å²) in [7, 11) is -1.49. The number of anilines is 2. The summed E-state index contributed by atoms with van der Waals surface area (Å²) in [4.78, 5) is 2.25. The third-order valence-electron chi connectivity index (χ3n) is 3.75. The van der Waals surface area contributed by atoms with E-state index in [0.717, 1.165) is 31.6 Å². The van der Waals surface area contributed by atoms with E-state index in [9.17, 15) is 8.42 Å². The molecule has 0 amide bonds. The molecule has 1 saturated heterocycles. The zero-order chi connectivity index (χ0) is 15.3. The summed E-state index contributed by atoms with van der Waals surface area (Å²) >= 11 is 0. The molecule has 0 saturated carbocycles. The van der Waals surface area contributed by atoms with Crippen LogP contribution in [-0.2, 0) is 14.8 Å². The number of nitrogens with one attached hydrogen (secondary N) is 1. The van der Waals surface area contributed by atoms with Crippen molar-refractivity contribution in [1.29, 1.82) is 0 Å². The maximum atomic E-state index is 11.8. The second-order valence-corrected chi connectivity index (χ2v) is 7.26. The maximum Gasteiger partial charge on any atom is 0.232 e. The van der Waals surface area contributed by atoms with Gasteiger partial charge in [0.25, 0.3) is 0 Å². The van der Waals surface area contributed by atoms with Crippen LogP contribution in [0.25, 0.3) is 0 Å². The summed E-state index contributed by atoms with van der Waals surface area (Å²) in [6.07, 6.45) is 2.87. The van der Waals surface area contributed by atoms with E-state index in [1.165, 1.54) is 0 Å². The summed E-state index contributed by atoms with van der Waals surface area (Å²) in [6, 6.07) is 7.54. The van der Waals surface area contributed by atoms with Crippen molar-refractivity contribution in [1.82, 2.24) is 0 Å². The minimum atomic E-state index is -3.22. The highest BCUT2D eigenvalue weighted by atomic mass is 32.2. The van der Waals surface area contributed by atoms with Gasteiger partial charge in [0.15, 0.2) is 0 Å². The number of hydrogen-bond acceptors (Lipinski definition) is 4. The van der Waals surface area contributed by atoms with Crippen LogP contribution in [0.4, 0.5) is 11.4 Å². The number of sulfonamides is 1. The molecule has 21 heavy (non-hydrogen) atoms. The monoisotopic (exact) mass is 312 g/mol. The van der Waals surface area contributed by atoms with Crippen LogP contribution in [0.3, 0.4) is 0 Å². The van der Waals surface area contributed by atoms with Crippen molar-refractivity contribution in [3.63, 3.8) is 0 Å². The Bertz CT molecular complexity index is 543. The predicted octanol–water partition coefficient (Wildman–Crippen LogP) is 2.45. The smallest absolute Gasteiger partial charge is 0.232 e. The van der Waals surface area contributed by atoms with E-state index in [2.05, 4.69) is 9.62 Å². The Morgan fingerprint density at radius 3 is 2.62 bits per heavy atom. The summed E-state index contributed by atoms with van der Waals surface area (Å²) in [6.45, 7) is 3.84. The van der Waals surface area contributed by atoms with Gasteiger partial charge >= 0.3 is 0 Å². The van der Waals surface area contributed by atoms with Crippen LogP contribution in [0.15, 0.2) is 24.3 Å². The van der Waals surface area contributed by atoms with Gasteiger partial charge in [-0.1, -0.05) is 13.3 Å². The molecular weight excluding hydrogens is 288 g/mol. The molecule has 118 valence electrons. The Balaban J connectivity index is 1.96. The molecule has 1 aliphatic rings. The first-order chi connectivity index (χ1) is 10.0. The standard InChI is InChI=1S/C15H24N2O3S/c1-3-4-11-21(18,19)16-13-5-7-14(8-6-13)17-10-9-15(12-17)20-2/h5-8,15-16H,3-4,9-12H2,1-2H3. The SMILES string of the molecule is CCCCS(=O)(=O)Nc1ccc(N2CCC(OC)C2)cc1. The third-order valence-corrected chi connectivity index (χ3v) is 5.12. The average Bonchev–Trinajstić information content (AvgIpc) is 2.94. The van der Waals surface area contributed by atoms with Crippen molar-refractivity contribution in [2.45, 2.75) is 32.3 Å². The van der Waals surface area contributed by atoms with Crippen LogP contribution in [0.1, 0.15) is 26.2 Å². The van der Waals surface area contributed by atoms with Crippen molar-refractivity contribution >= 4 is 21.4 Å². The first kappa shape index (κ1) is 16.1. The van der Waals surface area contributed by atoms with Crippen molar-refractivity contribution in [2.24, 2.45) is 0 Å². The molecule has 1 N–H and O–H groups in total. The van der Waals surface area contributed by atoms with Crippen molar-refractivity contribution in [3.8, 4) is 0 Å². The molecule has 1 aliphatic heterocycles. The highest BCUT2D eigenvalue weighted by Crippen LogP contribution is 2.23. The Kier molecular flexibility index (Phi) is 5.47. The Labute approximate surface area is 127 Å². The van der Waals surface area contributed by atoms with E-state index >= 15 is 0 Å². The predicted molar refractivity (Wildman–Crippen MR) is 86.4 cm³/mol. The van der Waals surface area contributed by atoms with Crippen LogP contribution in [0.5, 0.6) is 0 Å². The van der Waals surface area contributed by atoms with Crippen LogP contribution in [0, 0.1) is 0 Å². The van der Waals surface area contributed by atoms with Crippen LogP contribution in [-0.4, -0.2) is 40.5 Å². The largest absolute Gasteiger partial charge is 0.380 e. The second-order valence-electron chi connectivity index (χ2n) is 5.41. The molecule has 0 radical (unpaired) electrons. The van der Waals surface area contributed by atoms with E-state index in [0.29, 0.717) is 12.1 Å². The van der Waals surface area contributed by atoms with E-state index in [1.807, 2.05) is 31.2 Å². The van der Waals surface area contributed by atoms with Gasteiger partial charge in [0.1, 0.15) is 0 Å². The highest BCUT2D eigenvalue weighted by Gasteiger charge is 2.22. The number of benzene rings is 1. The van der Waals surface area contributed by atoms with E-state index < -0.39 is 10.0 Å². The minimum absolute atomic E-state index is 0.174. The maximum absolute atomic E-state index is 11.8. The van der Waals surface area contributed by atoms with Crippen LogP contribution < -0.4 is 9.62 Å². The van der Waals surface area contributed by atoms with Crippen LogP contribution >= 0.6 is 0 Å². The lowest BCUT2D eigenvalue weighted by molar-refractivity contribution is 0.121. The minimum Gasteiger partial charge on any atom is -0.380 e. The highest BCUT2D eigenvalue weighted by molar-refractivity contribution is 7.92. The van der Waals surface area contributed by atoms with E-state index in [4.69, 9.17) is 4.74 Å². The fourth-order valence-electron chi connectivity index (χ4n) is 2.46. The molecule has 1 unspecified atom stereocenters. The lowest BCUT2D eigenvalue weighted by atomic mass is 10.2. The molecule has 0 aromatic heterocycles. The first-order valence-electron chi connectivity index (χ1n) is 7.42. The van der Waals surface area contributed by atoms with Gasteiger partial charge in [-0.25, -0.2) is 8.42 Å². The Hall–Kier alpha value is -1.27. The van der Waals surface area contributed by atoms with Gasteiger partial charge in [-0.3, -0.25) is 4.72 Å². The normalized spacial score (nSPS) is 19.0. The molecule has 2 rings (SSSR count). The molecule has 5 nitrogen and oxygen atoms in total. The molecule has 1 atom stereocenters.